The van der Waals surface area contributed by atoms with Gasteiger partial charge in [0.05, 0.1) is 6.20 Å². The first-order chi connectivity index (χ1) is 12.7. The van der Waals surface area contributed by atoms with Gasteiger partial charge >= 0.3 is 32.7 Å². The molecule has 4 aromatic rings. The molecule has 0 saturated heterocycles. The minimum atomic E-state index is 0. The Morgan fingerprint density at radius 1 is 0.800 bits per heavy atom. The summed E-state index contributed by atoms with van der Waals surface area (Å²) in [6, 6.07) is 33.5. The molecule has 2 nitrogen and oxygen atoms in total. The van der Waals surface area contributed by atoms with E-state index < -0.39 is 0 Å². The van der Waals surface area contributed by atoms with Crippen molar-refractivity contribution in [1.82, 2.24) is 5.10 Å². The monoisotopic (exact) mass is 537 g/mol. The normalized spacial score (nSPS) is 9.27. The zero-order chi connectivity index (χ0) is 17.9. The molecule has 5 heteroatoms. The second-order valence-electron chi connectivity index (χ2n) is 6.11. The van der Waals surface area contributed by atoms with Gasteiger partial charge in [-0.3, -0.25) is 0 Å². The molecule has 0 amide bonds. The number of hydrogen-bond acceptors (Lipinski definition) is 1. The van der Waals surface area contributed by atoms with Crippen molar-refractivity contribution in [3.8, 4) is 33.5 Å². The first-order valence-corrected chi connectivity index (χ1v) is 8.48. The maximum atomic E-state index is 4.34. The van der Waals surface area contributed by atoms with Gasteiger partial charge in [-0.2, -0.15) is 36.4 Å². The molecule has 0 aliphatic rings. The van der Waals surface area contributed by atoms with Gasteiger partial charge in [-0.25, -0.2) is 46.5 Å². The molecule has 0 aliphatic heterocycles. The van der Waals surface area contributed by atoms with Crippen LogP contribution in [-0.4, -0.2) is 13.5 Å². The van der Waals surface area contributed by atoms with Gasteiger partial charge in [-0.1, -0.05) is 12.5 Å². The van der Waals surface area contributed by atoms with Gasteiger partial charge in [0.15, 0.2) is 12.7 Å². The molecule has 1 aromatic heterocycles. The summed E-state index contributed by atoms with van der Waals surface area (Å²) in [7, 11) is 1.95. The fourth-order valence-corrected chi connectivity index (χ4v) is 3.03. The van der Waals surface area contributed by atoms with E-state index in [1.807, 2.05) is 54.2 Å². The van der Waals surface area contributed by atoms with Gasteiger partial charge in [0.1, 0.15) is 0 Å². The maximum Gasteiger partial charge on any atom is 3.00 e. The largest absolute Gasteiger partial charge is 3.00 e. The first kappa shape index (κ1) is 29.0. The number of aryl methyl sites for hydroxylation is 2. The van der Waals surface area contributed by atoms with Crippen LogP contribution in [0.4, 0.5) is 0 Å². The Bertz CT molecular complexity index is 1070. The second-order valence-corrected chi connectivity index (χ2v) is 6.11. The molecule has 140 valence electrons. The Labute approximate surface area is 232 Å². The first-order valence-electron chi connectivity index (χ1n) is 8.48. The molecule has 30 heavy (non-hydrogen) atoms. The van der Waals surface area contributed by atoms with Crippen LogP contribution in [-0.2, 0) is 72.5 Å². The SMILES string of the molecule is Cc1ccc(-c2[c-]cc[c-]c2-c2[c-]cccc2)[c-]c1-c1cccn[n+]1C.[B].[CH3-].[Y+3].[Y]. The molecule has 0 unspecified atom stereocenters. The van der Waals surface area contributed by atoms with Crippen molar-refractivity contribution in [3.63, 3.8) is 0 Å². The summed E-state index contributed by atoms with van der Waals surface area (Å²) in [6.45, 7) is 2.09. The molecular formula is C25H20BN2Y2-. The predicted octanol–water partition coefficient (Wildman–Crippen LogP) is 4.48. The van der Waals surface area contributed by atoms with Crippen molar-refractivity contribution in [2.75, 3.05) is 0 Å². The van der Waals surface area contributed by atoms with Crippen LogP contribution in [0.15, 0.2) is 66.9 Å². The third kappa shape index (κ3) is 6.27. The van der Waals surface area contributed by atoms with Crippen molar-refractivity contribution in [1.29, 1.82) is 0 Å². The summed E-state index contributed by atoms with van der Waals surface area (Å²) in [4.78, 5) is 0. The molecule has 1 heterocycles. The third-order valence-corrected chi connectivity index (χ3v) is 4.38. The Balaban J connectivity index is 0.00000210. The Kier molecular flexibility index (Phi) is 13.0. The molecule has 0 N–H and O–H groups in total. The third-order valence-electron chi connectivity index (χ3n) is 4.38. The Hall–Kier alpha value is -0.987. The van der Waals surface area contributed by atoms with Crippen LogP contribution in [0, 0.1) is 38.6 Å². The average Bonchev–Trinajstić information content (AvgIpc) is 2.70. The molecule has 0 fully saturated rings. The number of nitrogens with zero attached hydrogens (tertiary/aromatic N) is 2. The molecule has 0 aliphatic carbocycles. The van der Waals surface area contributed by atoms with Gasteiger partial charge < -0.3 is 7.43 Å². The van der Waals surface area contributed by atoms with Crippen LogP contribution in [0.3, 0.4) is 0 Å². The van der Waals surface area contributed by atoms with E-state index in [0.717, 1.165) is 39.1 Å². The van der Waals surface area contributed by atoms with Gasteiger partial charge in [0.25, 0.3) is 0 Å². The molecule has 4 radical (unpaired) electrons. The van der Waals surface area contributed by atoms with Crippen molar-refractivity contribution in [2.45, 2.75) is 6.92 Å². The van der Waals surface area contributed by atoms with Crippen LogP contribution in [0.1, 0.15) is 5.56 Å². The summed E-state index contributed by atoms with van der Waals surface area (Å²) >= 11 is 0. The van der Waals surface area contributed by atoms with Crippen molar-refractivity contribution in [2.24, 2.45) is 7.05 Å². The number of hydrogen-bond donors (Lipinski definition) is 0. The topological polar surface area (TPSA) is 16.8 Å². The smallest absolute Gasteiger partial charge is 0.358 e. The van der Waals surface area contributed by atoms with E-state index in [0.29, 0.717) is 0 Å². The summed E-state index contributed by atoms with van der Waals surface area (Å²) in [5, 5.41) is 4.34. The second kappa shape index (κ2) is 13.4. The van der Waals surface area contributed by atoms with Crippen molar-refractivity contribution >= 4 is 8.41 Å². The molecule has 0 bridgehead atoms. The van der Waals surface area contributed by atoms with E-state index in [1.165, 1.54) is 0 Å². The fourth-order valence-electron chi connectivity index (χ4n) is 3.03. The quantitative estimate of drug-likeness (QED) is 0.214. The van der Waals surface area contributed by atoms with E-state index in [-0.39, 0.29) is 81.3 Å². The number of benzene rings is 3. The van der Waals surface area contributed by atoms with E-state index in [4.69, 9.17) is 0 Å². The van der Waals surface area contributed by atoms with E-state index in [2.05, 4.69) is 54.5 Å². The maximum absolute atomic E-state index is 4.34. The number of aromatic nitrogens is 2. The molecular weight excluding hydrogens is 517 g/mol. The minimum Gasteiger partial charge on any atom is -0.358 e. The average molecular weight is 537 g/mol. The van der Waals surface area contributed by atoms with Gasteiger partial charge in [0.2, 0.25) is 0 Å². The van der Waals surface area contributed by atoms with E-state index in [9.17, 15) is 0 Å². The van der Waals surface area contributed by atoms with Crippen LogP contribution >= 0.6 is 0 Å². The van der Waals surface area contributed by atoms with Crippen molar-refractivity contribution in [3.05, 3.63) is 104 Å². The molecule has 0 saturated carbocycles. The summed E-state index contributed by atoms with van der Waals surface area (Å²) in [6.07, 6.45) is 1.78. The summed E-state index contributed by atoms with van der Waals surface area (Å²) in [5.41, 5.74) is 7.17. The van der Waals surface area contributed by atoms with Crippen LogP contribution < -0.4 is 4.68 Å². The molecule has 0 spiro atoms. The van der Waals surface area contributed by atoms with Crippen LogP contribution in [0.5, 0.6) is 0 Å². The molecule has 3 aromatic carbocycles. The fraction of sp³-hybridized carbons (Fsp3) is 0.0800. The zero-order valence-corrected chi connectivity index (χ0v) is 23.2. The Morgan fingerprint density at radius 3 is 2.13 bits per heavy atom. The number of rotatable bonds is 3. The predicted molar refractivity (Wildman–Crippen MR) is 114 cm³/mol. The van der Waals surface area contributed by atoms with Gasteiger partial charge in [-0.15, -0.1) is 22.4 Å². The van der Waals surface area contributed by atoms with Crippen molar-refractivity contribution < 1.29 is 70.1 Å². The van der Waals surface area contributed by atoms with Gasteiger partial charge in [0, 0.05) is 41.1 Å². The summed E-state index contributed by atoms with van der Waals surface area (Å²) in [5.74, 6) is 0. The molecule has 0 atom stereocenters. The zero-order valence-electron chi connectivity index (χ0n) is 17.5. The van der Waals surface area contributed by atoms with E-state index in [1.54, 1.807) is 6.20 Å². The van der Waals surface area contributed by atoms with Crippen LogP contribution in [0.2, 0.25) is 0 Å². The standard InChI is InChI=1S/C24H17N2.CH3.B.2Y/c1-18-14-15-20(17-23(18)24-13-8-16-25-26(24)2)22-12-7-6-11-21(22)19-9-4-3-5-10-19;;;;/h3-9,13-16H,1-2H3;1H3;;;/q-3;-1;;;+3. The van der Waals surface area contributed by atoms with Crippen LogP contribution in [0.25, 0.3) is 33.5 Å². The Morgan fingerprint density at radius 2 is 1.50 bits per heavy atom. The molecule has 4 rings (SSSR count). The minimum absolute atomic E-state index is 0. The van der Waals surface area contributed by atoms with Gasteiger partial charge in [-0.05, 0) is 17.2 Å². The summed E-state index contributed by atoms with van der Waals surface area (Å²) < 4.78 is 1.87. The van der Waals surface area contributed by atoms with E-state index >= 15 is 0 Å².